The maximum Gasteiger partial charge on any atom is 0.356 e. The van der Waals surface area contributed by atoms with E-state index in [1.807, 2.05) is 26.0 Å². The molecule has 4 rings (SSSR count). The number of carbonyl (C=O) groups excluding carboxylic acids is 1. The van der Waals surface area contributed by atoms with E-state index >= 15 is 4.57 Å². The minimum atomic E-state index is -4.15. The van der Waals surface area contributed by atoms with E-state index in [2.05, 4.69) is 0 Å². The summed E-state index contributed by atoms with van der Waals surface area (Å²) in [6.07, 6.45) is 7.66. The molecule has 37 heavy (non-hydrogen) atoms. The third-order valence-corrected chi connectivity index (χ3v) is 11.1. The summed E-state index contributed by atoms with van der Waals surface area (Å²) in [6, 6.07) is 12.4. The van der Waals surface area contributed by atoms with Gasteiger partial charge in [-0.15, -0.1) is 0 Å². The van der Waals surface area contributed by atoms with Crippen LogP contribution >= 0.6 is 7.37 Å². The number of carbonyl (C=O) groups is 1. The molecule has 0 fully saturated rings. The number of ether oxygens (including phenoxy) is 1. The zero-order valence-electron chi connectivity index (χ0n) is 21.5. The maximum atomic E-state index is 15.1. The summed E-state index contributed by atoms with van der Waals surface area (Å²) < 4.78 is 55.8. The molecule has 1 aromatic heterocycles. The summed E-state index contributed by atoms with van der Waals surface area (Å²) in [5.74, 6) is -0.862. The lowest BCUT2D eigenvalue weighted by molar-refractivity contribution is 0.0520. The van der Waals surface area contributed by atoms with Gasteiger partial charge in [0.05, 0.1) is 24.0 Å². The molecule has 3 aromatic rings. The van der Waals surface area contributed by atoms with Crippen molar-refractivity contribution < 1.29 is 27.0 Å². The molecule has 0 amide bonds. The van der Waals surface area contributed by atoms with Crippen LogP contribution in [-0.2, 0) is 30.3 Å². The molecule has 0 spiro atoms. The third-order valence-electron chi connectivity index (χ3n) is 6.40. The second kappa shape index (κ2) is 10.8. The van der Waals surface area contributed by atoms with E-state index in [1.165, 1.54) is 0 Å². The van der Waals surface area contributed by atoms with Crippen molar-refractivity contribution in [1.29, 1.82) is 0 Å². The lowest BCUT2D eigenvalue weighted by atomic mass is 10.2. The number of allylic oxidation sites excluding steroid dienone is 3. The van der Waals surface area contributed by atoms with Crippen LogP contribution in [0.2, 0.25) is 0 Å². The second-order valence-electron chi connectivity index (χ2n) is 8.79. The van der Waals surface area contributed by atoms with Gasteiger partial charge in [0.1, 0.15) is 5.25 Å². The predicted molar refractivity (Wildman–Crippen MR) is 148 cm³/mol. The van der Waals surface area contributed by atoms with E-state index in [1.54, 1.807) is 68.5 Å². The average molecular weight is 542 g/mol. The highest BCUT2D eigenvalue weighted by molar-refractivity contribution is 7.91. The lowest BCUT2D eigenvalue weighted by Crippen LogP contribution is -2.33. The molecule has 1 heterocycles. The van der Waals surface area contributed by atoms with Crippen LogP contribution in [0.15, 0.2) is 66.8 Å². The number of aromatic nitrogens is 1. The number of aryl methyl sites for hydroxylation is 2. The predicted octanol–water partition coefficient (Wildman–Crippen LogP) is 5.02. The first-order chi connectivity index (χ1) is 17.7. The Morgan fingerprint density at radius 3 is 2.49 bits per heavy atom. The topological polar surface area (TPSA) is 91.7 Å². The Balaban J connectivity index is 2.20. The van der Waals surface area contributed by atoms with Gasteiger partial charge in [0.25, 0.3) is 7.37 Å². The van der Waals surface area contributed by atoms with Crippen molar-refractivity contribution in [1.82, 2.24) is 3.97 Å². The fourth-order valence-corrected chi connectivity index (χ4v) is 9.32. The van der Waals surface area contributed by atoms with Crippen LogP contribution in [0.4, 0.5) is 0 Å². The van der Waals surface area contributed by atoms with Gasteiger partial charge in [-0.3, -0.25) is 4.57 Å². The molecule has 0 N–H and O–H groups in total. The van der Waals surface area contributed by atoms with E-state index in [0.717, 1.165) is 15.1 Å². The number of esters is 1. The molecule has 0 radical (unpaired) electrons. The standard InChI is InChI=1S/C28H32NO6PS/c1-5-21-13-11-12-16-25(21)36(31,35-7-3)27-23-19-20(4)17-18-24(23)29(26(27)28(30)34-6-2)37(32,33)22-14-9-8-10-15-22/h8-14,16-19,22H,5-7,15H2,1-4H3. The highest BCUT2D eigenvalue weighted by Gasteiger charge is 2.43. The molecule has 2 unspecified atom stereocenters. The van der Waals surface area contributed by atoms with Gasteiger partial charge < -0.3 is 9.26 Å². The number of rotatable bonds is 9. The molecule has 0 aliphatic heterocycles. The van der Waals surface area contributed by atoms with Crippen molar-refractivity contribution in [2.24, 2.45) is 0 Å². The van der Waals surface area contributed by atoms with E-state index in [0.29, 0.717) is 17.1 Å². The molecule has 0 saturated heterocycles. The Morgan fingerprint density at radius 2 is 1.84 bits per heavy atom. The van der Waals surface area contributed by atoms with Gasteiger partial charge in [-0.2, -0.15) is 0 Å². The first kappa shape index (κ1) is 27.1. The Hall–Kier alpha value is -2.93. The van der Waals surface area contributed by atoms with Crippen molar-refractivity contribution in [3.05, 3.63) is 83.6 Å². The molecule has 196 valence electrons. The molecule has 0 saturated carbocycles. The quantitative estimate of drug-likeness (QED) is 0.279. The number of benzene rings is 2. The van der Waals surface area contributed by atoms with Crippen molar-refractivity contribution >= 4 is 44.9 Å². The summed E-state index contributed by atoms with van der Waals surface area (Å²) >= 11 is 0. The largest absolute Gasteiger partial charge is 0.461 e. The molecule has 2 atom stereocenters. The maximum absolute atomic E-state index is 15.1. The van der Waals surface area contributed by atoms with Crippen LogP contribution in [0.5, 0.6) is 0 Å². The van der Waals surface area contributed by atoms with Crippen LogP contribution in [0.3, 0.4) is 0 Å². The molecular weight excluding hydrogens is 509 g/mol. The van der Waals surface area contributed by atoms with Crippen molar-refractivity contribution in [3.8, 4) is 0 Å². The van der Waals surface area contributed by atoms with E-state index < -0.39 is 28.6 Å². The number of hydrogen-bond acceptors (Lipinski definition) is 6. The fraction of sp³-hybridized carbons (Fsp3) is 0.321. The van der Waals surface area contributed by atoms with Crippen LogP contribution in [0.25, 0.3) is 10.9 Å². The number of nitrogens with zero attached hydrogens (tertiary/aromatic N) is 1. The highest BCUT2D eigenvalue weighted by Crippen LogP contribution is 2.50. The monoisotopic (exact) mass is 541 g/mol. The SMILES string of the molecule is CCOC(=O)c1c(P(=O)(OCC)c2ccccc2CC)c2cc(C)ccc2n1S(=O)(=O)C1C=CC=CC1. The Morgan fingerprint density at radius 1 is 1.08 bits per heavy atom. The van der Waals surface area contributed by atoms with Gasteiger partial charge in [-0.05, 0) is 57.4 Å². The van der Waals surface area contributed by atoms with E-state index in [-0.39, 0.29) is 36.1 Å². The summed E-state index contributed by atoms with van der Waals surface area (Å²) in [5, 5.41) is 0.00383. The van der Waals surface area contributed by atoms with Crippen LogP contribution in [-0.4, -0.2) is 36.8 Å². The Kier molecular flexibility index (Phi) is 7.93. The van der Waals surface area contributed by atoms with Crippen LogP contribution < -0.4 is 10.6 Å². The van der Waals surface area contributed by atoms with E-state index in [4.69, 9.17) is 9.26 Å². The summed E-state index contributed by atoms with van der Waals surface area (Å²) in [4.78, 5) is 13.6. The van der Waals surface area contributed by atoms with Gasteiger partial charge >= 0.3 is 5.97 Å². The lowest BCUT2D eigenvalue weighted by Gasteiger charge is -2.23. The Bertz CT molecular complexity index is 1550. The average Bonchev–Trinajstić information content (AvgIpc) is 3.25. The summed E-state index contributed by atoms with van der Waals surface area (Å²) in [7, 11) is -8.11. The number of fused-ring (bicyclic) bond motifs is 1. The van der Waals surface area contributed by atoms with Crippen LogP contribution in [0.1, 0.15) is 48.8 Å². The fourth-order valence-electron chi connectivity index (χ4n) is 4.75. The van der Waals surface area contributed by atoms with Gasteiger partial charge in [-0.1, -0.05) is 61.1 Å². The van der Waals surface area contributed by atoms with Gasteiger partial charge in [0, 0.05) is 10.7 Å². The first-order valence-electron chi connectivity index (χ1n) is 12.4. The molecule has 7 nitrogen and oxygen atoms in total. The minimum absolute atomic E-state index is 0.0232. The zero-order valence-corrected chi connectivity index (χ0v) is 23.2. The van der Waals surface area contributed by atoms with Crippen molar-refractivity contribution in [2.45, 2.75) is 45.8 Å². The molecule has 2 aromatic carbocycles. The minimum Gasteiger partial charge on any atom is -0.461 e. The highest BCUT2D eigenvalue weighted by atomic mass is 32.2. The Labute approximate surface area is 218 Å². The molecule has 1 aliphatic rings. The first-order valence-corrected chi connectivity index (χ1v) is 15.6. The third kappa shape index (κ3) is 4.74. The van der Waals surface area contributed by atoms with Gasteiger partial charge in [0.15, 0.2) is 5.69 Å². The molecular formula is C28H32NO6PS. The summed E-state index contributed by atoms with van der Waals surface area (Å²) in [6.45, 7) is 7.30. The van der Waals surface area contributed by atoms with E-state index in [9.17, 15) is 13.2 Å². The number of hydrogen-bond donors (Lipinski definition) is 0. The van der Waals surface area contributed by atoms with Crippen molar-refractivity contribution in [2.75, 3.05) is 13.2 Å². The smallest absolute Gasteiger partial charge is 0.356 e. The zero-order chi connectivity index (χ0) is 26.8. The molecule has 1 aliphatic carbocycles. The summed E-state index contributed by atoms with van der Waals surface area (Å²) in [5.41, 5.74) is 1.62. The normalized spacial score (nSPS) is 17.1. The molecule has 9 heteroatoms. The van der Waals surface area contributed by atoms with Crippen LogP contribution in [0, 0.1) is 6.92 Å². The molecule has 0 bridgehead atoms. The second-order valence-corrected chi connectivity index (χ2v) is 13.1. The van der Waals surface area contributed by atoms with Crippen molar-refractivity contribution in [3.63, 3.8) is 0 Å². The van der Waals surface area contributed by atoms with Gasteiger partial charge in [0.2, 0.25) is 10.0 Å². The van der Waals surface area contributed by atoms with Gasteiger partial charge in [-0.25, -0.2) is 17.2 Å².